The van der Waals surface area contributed by atoms with Crippen molar-refractivity contribution in [2.75, 3.05) is 31.3 Å². The van der Waals surface area contributed by atoms with E-state index in [1.807, 2.05) is 18.2 Å². The minimum atomic E-state index is -3.52. The smallest absolute Gasteiger partial charge is 0.243 e. The van der Waals surface area contributed by atoms with E-state index in [1.54, 1.807) is 33.1 Å². The van der Waals surface area contributed by atoms with E-state index in [1.165, 1.54) is 28.2 Å². The Morgan fingerprint density at radius 2 is 1.87 bits per heavy atom. The highest BCUT2D eigenvalue weighted by Gasteiger charge is 2.21. The van der Waals surface area contributed by atoms with Crippen LogP contribution in [0.15, 0.2) is 52.5 Å². The molecule has 0 aliphatic heterocycles. The first-order valence-electron chi connectivity index (χ1n) is 9.44. The summed E-state index contributed by atoms with van der Waals surface area (Å²) in [5.74, 6) is 0.681. The molecule has 0 aliphatic carbocycles. The van der Waals surface area contributed by atoms with Crippen LogP contribution in [0.5, 0.6) is 5.75 Å². The zero-order valence-electron chi connectivity index (χ0n) is 17.0. The number of fused-ring (bicyclic) bond motifs is 1. The number of thioether (sulfide) groups is 1. The fourth-order valence-corrected chi connectivity index (χ4v) is 5.06. The molecule has 0 saturated heterocycles. The number of nitrogens with zero attached hydrogens (tertiary/aromatic N) is 2. The van der Waals surface area contributed by atoms with Gasteiger partial charge in [-0.1, -0.05) is 25.6 Å². The highest BCUT2D eigenvalue weighted by atomic mass is 32.2. The SMILES string of the molecule is CCN(CC)S(=O)(=O)c1ccc(NC(=O)CSc2nc3ccc(OC)cc3[nH]2)cc1. The van der Waals surface area contributed by atoms with Crippen molar-refractivity contribution in [3.8, 4) is 5.75 Å². The van der Waals surface area contributed by atoms with E-state index < -0.39 is 10.0 Å². The van der Waals surface area contributed by atoms with Crippen molar-refractivity contribution in [2.45, 2.75) is 23.9 Å². The average molecular weight is 449 g/mol. The van der Waals surface area contributed by atoms with Crippen molar-refractivity contribution < 1.29 is 17.9 Å². The van der Waals surface area contributed by atoms with Crippen LogP contribution in [0.25, 0.3) is 11.0 Å². The van der Waals surface area contributed by atoms with Gasteiger partial charge < -0.3 is 15.0 Å². The topological polar surface area (TPSA) is 104 Å². The Morgan fingerprint density at radius 3 is 2.50 bits per heavy atom. The number of amides is 1. The summed E-state index contributed by atoms with van der Waals surface area (Å²) < 4.78 is 31.6. The summed E-state index contributed by atoms with van der Waals surface area (Å²) in [4.78, 5) is 20.1. The number of carbonyl (C=O) groups excluding carboxylic acids is 1. The third-order valence-electron chi connectivity index (χ3n) is 4.49. The Balaban J connectivity index is 1.60. The van der Waals surface area contributed by atoms with E-state index in [4.69, 9.17) is 4.74 Å². The first kappa shape index (κ1) is 22.1. The number of H-pyrrole nitrogens is 1. The number of aromatic nitrogens is 2. The summed E-state index contributed by atoms with van der Waals surface area (Å²) in [6.45, 7) is 4.41. The van der Waals surface area contributed by atoms with E-state index in [0.717, 1.165) is 16.8 Å². The Hall–Kier alpha value is -2.56. The van der Waals surface area contributed by atoms with Gasteiger partial charge in [0.05, 0.1) is 28.8 Å². The molecule has 2 N–H and O–H groups in total. The van der Waals surface area contributed by atoms with Crippen LogP contribution in [0.2, 0.25) is 0 Å². The van der Waals surface area contributed by atoms with Crippen LogP contribution >= 0.6 is 11.8 Å². The summed E-state index contributed by atoms with van der Waals surface area (Å²) in [5, 5.41) is 3.40. The van der Waals surface area contributed by atoms with Gasteiger partial charge in [-0.15, -0.1) is 0 Å². The van der Waals surface area contributed by atoms with Crippen LogP contribution in [0.3, 0.4) is 0 Å². The summed E-state index contributed by atoms with van der Waals surface area (Å²) in [6.07, 6.45) is 0. The maximum absolute atomic E-state index is 12.5. The minimum Gasteiger partial charge on any atom is -0.497 e. The van der Waals surface area contributed by atoms with Crippen LogP contribution in [0.4, 0.5) is 5.69 Å². The van der Waals surface area contributed by atoms with Crippen molar-refractivity contribution in [2.24, 2.45) is 0 Å². The van der Waals surface area contributed by atoms with Gasteiger partial charge in [0, 0.05) is 24.8 Å². The second-order valence-corrected chi connectivity index (χ2v) is 9.28. The van der Waals surface area contributed by atoms with Gasteiger partial charge >= 0.3 is 0 Å². The van der Waals surface area contributed by atoms with Gasteiger partial charge in [-0.2, -0.15) is 4.31 Å². The number of anilines is 1. The zero-order valence-corrected chi connectivity index (χ0v) is 18.6. The summed E-state index contributed by atoms with van der Waals surface area (Å²) in [5.41, 5.74) is 2.17. The van der Waals surface area contributed by atoms with Crippen molar-refractivity contribution >= 4 is 44.4 Å². The second-order valence-electron chi connectivity index (χ2n) is 6.38. The number of carbonyl (C=O) groups is 1. The molecule has 30 heavy (non-hydrogen) atoms. The summed E-state index contributed by atoms with van der Waals surface area (Å²) >= 11 is 1.28. The second kappa shape index (κ2) is 9.50. The molecule has 1 amide bonds. The number of benzene rings is 2. The van der Waals surface area contributed by atoms with Crippen LogP contribution in [0, 0.1) is 0 Å². The van der Waals surface area contributed by atoms with Gasteiger partial charge in [0.2, 0.25) is 15.9 Å². The van der Waals surface area contributed by atoms with Crippen molar-refractivity contribution in [1.82, 2.24) is 14.3 Å². The third kappa shape index (κ3) is 4.94. The Morgan fingerprint density at radius 1 is 1.17 bits per heavy atom. The number of rotatable bonds is 9. The zero-order chi connectivity index (χ0) is 21.7. The highest BCUT2D eigenvalue weighted by Crippen LogP contribution is 2.23. The molecule has 0 bridgehead atoms. The first-order chi connectivity index (χ1) is 14.4. The Labute approximate surface area is 180 Å². The lowest BCUT2D eigenvalue weighted by atomic mass is 10.3. The van der Waals surface area contributed by atoms with E-state index in [-0.39, 0.29) is 16.6 Å². The number of hydrogen-bond acceptors (Lipinski definition) is 6. The lowest BCUT2D eigenvalue weighted by Crippen LogP contribution is -2.30. The number of aromatic amines is 1. The van der Waals surface area contributed by atoms with Crippen LogP contribution in [-0.4, -0.2) is 54.6 Å². The number of ether oxygens (including phenoxy) is 1. The minimum absolute atomic E-state index is 0.163. The molecule has 1 heterocycles. The molecule has 2 aromatic carbocycles. The number of imidazole rings is 1. The number of sulfonamides is 1. The van der Waals surface area contributed by atoms with E-state index in [2.05, 4.69) is 15.3 Å². The van der Waals surface area contributed by atoms with Gasteiger partial charge in [0.15, 0.2) is 5.16 Å². The van der Waals surface area contributed by atoms with Crippen molar-refractivity contribution in [3.05, 3.63) is 42.5 Å². The maximum Gasteiger partial charge on any atom is 0.243 e. The van der Waals surface area contributed by atoms with E-state index >= 15 is 0 Å². The fourth-order valence-electron chi connectivity index (χ4n) is 2.91. The van der Waals surface area contributed by atoms with Gasteiger partial charge in [-0.05, 0) is 36.4 Å². The van der Waals surface area contributed by atoms with Gasteiger partial charge in [-0.3, -0.25) is 4.79 Å². The van der Waals surface area contributed by atoms with Crippen LogP contribution in [0.1, 0.15) is 13.8 Å². The summed E-state index contributed by atoms with van der Waals surface area (Å²) in [7, 11) is -1.92. The molecular weight excluding hydrogens is 424 g/mol. The Kier molecular flexibility index (Phi) is 7.01. The number of hydrogen-bond donors (Lipinski definition) is 2. The molecule has 160 valence electrons. The molecule has 0 aliphatic rings. The predicted octanol–water partition coefficient (Wildman–Crippen LogP) is 3.33. The van der Waals surface area contributed by atoms with Crippen LogP contribution in [-0.2, 0) is 14.8 Å². The molecule has 0 saturated carbocycles. The number of nitrogens with one attached hydrogen (secondary N) is 2. The van der Waals surface area contributed by atoms with Gasteiger partial charge in [0.1, 0.15) is 5.75 Å². The normalized spacial score (nSPS) is 11.7. The molecule has 0 atom stereocenters. The monoisotopic (exact) mass is 448 g/mol. The maximum atomic E-state index is 12.5. The molecular formula is C20H24N4O4S2. The van der Waals surface area contributed by atoms with Gasteiger partial charge in [-0.25, -0.2) is 13.4 Å². The standard InChI is InChI=1S/C20H24N4O4S2/c1-4-24(5-2)30(26,27)16-9-6-14(7-10-16)21-19(25)13-29-20-22-17-11-8-15(28-3)12-18(17)23-20/h6-12H,4-5,13H2,1-3H3,(H,21,25)(H,22,23). The third-order valence-corrected chi connectivity index (χ3v) is 7.43. The summed E-state index contributed by atoms with van der Waals surface area (Å²) in [6, 6.07) is 11.7. The fraction of sp³-hybridized carbons (Fsp3) is 0.300. The largest absolute Gasteiger partial charge is 0.497 e. The van der Waals surface area contributed by atoms with E-state index in [0.29, 0.717) is 23.9 Å². The molecule has 8 nitrogen and oxygen atoms in total. The van der Waals surface area contributed by atoms with E-state index in [9.17, 15) is 13.2 Å². The molecule has 0 fully saturated rings. The lowest BCUT2D eigenvalue weighted by molar-refractivity contribution is -0.113. The van der Waals surface area contributed by atoms with Crippen molar-refractivity contribution in [3.63, 3.8) is 0 Å². The Bertz CT molecular complexity index is 1120. The molecule has 1 aromatic heterocycles. The van der Waals surface area contributed by atoms with Crippen LogP contribution < -0.4 is 10.1 Å². The average Bonchev–Trinajstić information content (AvgIpc) is 3.15. The highest BCUT2D eigenvalue weighted by molar-refractivity contribution is 7.99. The molecule has 0 radical (unpaired) electrons. The molecule has 10 heteroatoms. The van der Waals surface area contributed by atoms with Gasteiger partial charge in [0.25, 0.3) is 0 Å². The molecule has 0 spiro atoms. The predicted molar refractivity (Wildman–Crippen MR) is 119 cm³/mol. The van der Waals surface area contributed by atoms with Crippen molar-refractivity contribution in [1.29, 1.82) is 0 Å². The quantitative estimate of drug-likeness (QED) is 0.487. The molecule has 0 unspecified atom stereocenters. The lowest BCUT2D eigenvalue weighted by Gasteiger charge is -2.18. The molecule has 3 rings (SSSR count). The molecule has 3 aromatic rings. The number of methoxy groups -OCH3 is 1. The first-order valence-corrected chi connectivity index (χ1v) is 11.9.